The van der Waals surface area contributed by atoms with E-state index in [4.69, 9.17) is 0 Å². The van der Waals surface area contributed by atoms with Crippen LogP contribution in [-0.4, -0.2) is 29.0 Å². The summed E-state index contributed by atoms with van der Waals surface area (Å²) in [4.78, 5) is 29.2. The molecule has 2 aliphatic heterocycles. The average molecular weight is 414 g/mol. The summed E-state index contributed by atoms with van der Waals surface area (Å²) < 4.78 is 27.0. The normalized spacial score (nSPS) is 23.6. The maximum atomic E-state index is 13.7. The summed E-state index contributed by atoms with van der Waals surface area (Å²) in [5.41, 5.74) is 2.04. The lowest BCUT2D eigenvalue weighted by molar-refractivity contribution is -0.145. The first kappa shape index (κ1) is 18.6. The van der Waals surface area contributed by atoms with Crippen LogP contribution in [0.25, 0.3) is 0 Å². The molecule has 0 radical (unpaired) electrons. The van der Waals surface area contributed by atoms with Gasteiger partial charge in [0, 0.05) is 23.8 Å². The van der Waals surface area contributed by atoms with Gasteiger partial charge in [0.1, 0.15) is 0 Å². The van der Waals surface area contributed by atoms with E-state index < -0.39 is 16.5 Å². The van der Waals surface area contributed by atoms with Gasteiger partial charge in [-0.2, -0.15) is 0 Å². The molecule has 1 unspecified atom stereocenters. The summed E-state index contributed by atoms with van der Waals surface area (Å²) >= 11 is 1.49. The Morgan fingerprint density at radius 3 is 2.66 bits per heavy atom. The Morgan fingerprint density at radius 2 is 1.93 bits per heavy atom. The summed E-state index contributed by atoms with van der Waals surface area (Å²) in [6, 6.07) is 11.2. The van der Waals surface area contributed by atoms with Crippen molar-refractivity contribution in [2.75, 3.05) is 17.2 Å². The van der Waals surface area contributed by atoms with Crippen molar-refractivity contribution in [3.8, 4) is 0 Å². The van der Waals surface area contributed by atoms with Gasteiger partial charge >= 0.3 is 0 Å². The molecule has 5 rings (SSSR count). The van der Waals surface area contributed by atoms with Crippen molar-refractivity contribution in [3.63, 3.8) is 0 Å². The second-order valence-corrected chi connectivity index (χ2v) is 9.05. The molecule has 2 heterocycles. The lowest BCUT2D eigenvalue weighted by Crippen LogP contribution is -2.52. The first-order valence-corrected chi connectivity index (χ1v) is 10.8. The highest BCUT2D eigenvalue weighted by Crippen LogP contribution is 2.55. The summed E-state index contributed by atoms with van der Waals surface area (Å²) in [6.45, 7) is 0.667. The molecule has 4 nitrogen and oxygen atoms in total. The maximum absolute atomic E-state index is 13.7. The Kier molecular flexibility index (Phi) is 4.38. The fourth-order valence-corrected chi connectivity index (χ4v) is 5.91. The Balaban J connectivity index is 1.55. The molecule has 29 heavy (non-hydrogen) atoms. The van der Waals surface area contributed by atoms with Crippen molar-refractivity contribution in [1.29, 1.82) is 0 Å². The highest BCUT2D eigenvalue weighted by Gasteiger charge is 2.60. The Hall–Kier alpha value is -2.41. The maximum Gasteiger partial charge on any atom is 0.268 e. The molecule has 7 heteroatoms. The quantitative estimate of drug-likeness (QED) is 0.761. The molecule has 1 saturated carbocycles. The molecule has 2 aromatic rings. The zero-order valence-corrected chi connectivity index (χ0v) is 16.6. The fraction of sp³-hybridized carbons (Fsp3) is 0.364. The number of para-hydroxylation sites is 1. The van der Waals surface area contributed by atoms with Crippen molar-refractivity contribution in [3.05, 3.63) is 65.2 Å². The summed E-state index contributed by atoms with van der Waals surface area (Å²) in [5, 5.41) is 0. The van der Waals surface area contributed by atoms with Crippen LogP contribution in [-0.2, 0) is 21.0 Å². The van der Waals surface area contributed by atoms with Crippen molar-refractivity contribution < 1.29 is 18.4 Å². The molecule has 1 saturated heterocycles. The minimum atomic E-state index is -1.05. The number of carbonyl (C=O) groups excluding carboxylic acids is 2. The third-order valence-electron chi connectivity index (χ3n) is 6.15. The van der Waals surface area contributed by atoms with Crippen LogP contribution in [0.15, 0.2) is 42.5 Å². The number of anilines is 1. The molecule has 0 N–H and O–H groups in total. The lowest BCUT2D eigenvalue weighted by atomic mass is 9.84. The molecule has 2 aromatic carbocycles. The average Bonchev–Trinajstić information content (AvgIpc) is 3.21. The highest BCUT2D eigenvalue weighted by atomic mass is 32.2. The number of rotatable bonds is 3. The molecule has 0 aromatic heterocycles. The van der Waals surface area contributed by atoms with Gasteiger partial charge in [0.25, 0.3) is 5.91 Å². The second kappa shape index (κ2) is 6.83. The predicted molar refractivity (Wildman–Crippen MR) is 107 cm³/mol. The van der Waals surface area contributed by atoms with Crippen LogP contribution in [0.2, 0.25) is 0 Å². The third kappa shape index (κ3) is 2.70. The number of thioether (sulfide) groups is 1. The topological polar surface area (TPSA) is 40.6 Å². The van der Waals surface area contributed by atoms with E-state index >= 15 is 0 Å². The summed E-state index contributed by atoms with van der Waals surface area (Å²) in [5.74, 6) is -1.28. The van der Waals surface area contributed by atoms with E-state index in [0.717, 1.165) is 42.6 Å². The van der Waals surface area contributed by atoms with Crippen molar-refractivity contribution in [2.45, 2.75) is 30.7 Å². The van der Waals surface area contributed by atoms with E-state index in [9.17, 15) is 18.4 Å². The number of fused-ring (bicyclic) bond motifs is 2. The van der Waals surface area contributed by atoms with Crippen molar-refractivity contribution >= 4 is 29.3 Å². The number of halogens is 2. The lowest BCUT2D eigenvalue weighted by Gasteiger charge is -2.37. The molecule has 0 bridgehead atoms. The van der Waals surface area contributed by atoms with Gasteiger partial charge in [-0.15, -0.1) is 11.8 Å². The van der Waals surface area contributed by atoms with Crippen LogP contribution in [0.1, 0.15) is 30.4 Å². The largest absolute Gasteiger partial charge is 0.315 e. The van der Waals surface area contributed by atoms with Crippen molar-refractivity contribution in [2.24, 2.45) is 5.92 Å². The number of hydrogen-bond acceptors (Lipinski definition) is 3. The van der Waals surface area contributed by atoms with Crippen LogP contribution in [0.4, 0.5) is 14.5 Å². The van der Waals surface area contributed by atoms with Crippen LogP contribution in [0.3, 0.4) is 0 Å². The summed E-state index contributed by atoms with van der Waals surface area (Å²) in [7, 11) is 0. The predicted octanol–water partition coefficient (Wildman–Crippen LogP) is 4.04. The second-order valence-electron chi connectivity index (χ2n) is 7.77. The molecule has 1 spiro atoms. The van der Waals surface area contributed by atoms with Gasteiger partial charge in [-0.05, 0) is 36.6 Å². The van der Waals surface area contributed by atoms with Gasteiger partial charge in [0.2, 0.25) is 5.91 Å². The molecule has 150 valence electrons. The molecule has 1 atom stereocenters. The van der Waals surface area contributed by atoms with E-state index in [1.54, 1.807) is 9.80 Å². The van der Waals surface area contributed by atoms with E-state index in [2.05, 4.69) is 0 Å². The number of carbonyl (C=O) groups is 2. The summed E-state index contributed by atoms with van der Waals surface area (Å²) in [6.07, 6.45) is 2.81. The highest BCUT2D eigenvalue weighted by molar-refractivity contribution is 8.01. The van der Waals surface area contributed by atoms with Gasteiger partial charge in [0.05, 0.1) is 12.2 Å². The van der Waals surface area contributed by atoms with Gasteiger partial charge in [0.15, 0.2) is 16.5 Å². The molecule has 2 fully saturated rings. The third-order valence-corrected chi connectivity index (χ3v) is 7.57. The van der Waals surface area contributed by atoms with Gasteiger partial charge in [-0.3, -0.25) is 9.59 Å². The zero-order valence-electron chi connectivity index (χ0n) is 15.7. The van der Waals surface area contributed by atoms with Crippen molar-refractivity contribution in [1.82, 2.24) is 4.90 Å². The van der Waals surface area contributed by atoms with Gasteiger partial charge in [-0.25, -0.2) is 8.78 Å². The van der Waals surface area contributed by atoms with E-state index in [1.165, 1.54) is 17.8 Å². The number of amides is 2. The van der Waals surface area contributed by atoms with Crippen LogP contribution >= 0.6 is 11.8 Å². The monoisotopic (exact) mass is 414 g/mol. The standard InChI is InChI=1S/C22H20F2N2O2S/c23-17-9-8-14(12-18(17)24)13-25-19-7-2-1-6-16(19)22(21(25)28)26(10-11-29-22)20(27)15-4-3-5-15/h1-2,6-9,12,15H,3-5,10-11,13H2. The van der Waals surface area contributed by atoms with Crippen LogP contribution in [0.5, 0.6) is 0 Å². The van der Waals surface area contributed by atoms with E-state index in [1.807, 2.05) is 24.3 Å². The smallest absolute Gasteiger partial charge is 0.268 e. The minimum Gasteiger partial charge on any atom is -0.315 e. The molecule has 2 amide bonds. The first-order chi connectivity index (χ1) is 14.0. The Bertz CT molecular complexity index is 1010. The van der Waals surface area contributed by atoms with Crippen LogP contribution < -0.4 is 4.90 Å². The van der Waals surface area contributed by atoms with E-state index in [-0.39, 0.29) is 24.3 Å². The number of nitrogens with zero attached hydrogens (tertiary/aromatic N) is 2. The SMILES string of the molecule is O=C(C1CCC1)N1CCSC12C(=O)N(Cc1ccc(F)c(F)c1)c1ccccc12. The Labute approximate surface area is 171 Å². The van der Waals surface area contributed by atoms with Gasteiger partial charge in [-0.1, -0.05) is 30.7 Å². The molecule has 3 aliphatic rings. The molecule has 1 aliphatic carbocycles. The number of benzene rings is 2. The minimum absolute atomic E-state index is 0.00535. The Morgan fingerprint density at radius 1 is 1.14 bits per heavy atom. The molecular formula is C22H20F2N2O2S. The first-order valence-electron chi connectivity index (χ1n) is 9.83. The van der Waals surface area contributed by atoms with Gasteiger partial charge < -0.3 is 9.80 Å². The fourth-order valence-electron chi connectivity index (χ4n) is 4.44. The van der Waals surface area contributed by atoms with Crippen LogP contribution in [0, 0.1) is 17.6 Å². The number of hydrogen-bond donors (Lipinski definition) is 0. The zero-order chi connectivity index (χ0) is 20.2. The van der Waals surface area contributed by atoms with E-state index in [0.29, 0.717) is 17.9 Å². The molecular weight excluding hydrogens is 394 g/mol.